The Morgan fingerprint density at radius 1 is 0.316 bits per heavy atom. The molecule has 0 atom stereocenters. The zero-order valence-corrected chi connectivity index (χ0v) is 31.0. The molecule has 12 aromatic rings. The van der Waals surface area contributed by atoms with Gasteiger partial charge in [0.1, 0.15) is 5.82 Å². The van der Waals surface area contributed by atoms with Crippen molar-refractivity contribution in [3.05, 3.63) is 206 Å². The third-order valence-electron chi connectivity index (χ3n) is 12.0. The molecule has 0 radical (unpaired) electrons. The largest absolute Gasteiger partial charge is 0.292 e. The van der Waals surface area contributed by atoms with Crippen LogP contribution in [-0.4, -0.2) is 9.55 Å². The molecule has 0 fully saturated rings. The molecule has 2 nitrogen and oxygen atoms in total. The van der Waals surface area contributed by atoms with Crippen LogP contribution in [0.1, 0.15) is 0 Å². The highest BCUT2D eigenvalue weighted by molar-refractivity contribution is 6.32. The van der Waals surface area contributed by atoms with Crippen molar-refractivity contribution in [2.45, 2.75) is 0 Å². The predicted molar refractivity (Wildman–Crippen MR) is 242 cm³/mol. The molecule has 11 aromatic carbocycles. The minimum absolute atomic E-state index is 0.942. The van der Waals surface area contributed by atoms with Crippen molar-refractivity contribution in [1.29, 1.82) is 0 Å². The van der Waals surface area contributed by atoms with Gasteiger partial charge in [-0.2, -0.15) is 0 Å². The molecule has 0 aliphatic rings. The van der Waals surface area contributed by atoms with Crippen LogP contribution in [0.2, 0.25) is 0 Å². The summed E-state index contributed by atoms with van der Waals surface area (Å²) >= 11 is 0. The van der Waals surface area contributed by atoms with Gasteiger partial charge in [-0.25, -0.2) is 4.98 Å². The van der Waals surface area contributed by atoms with Crippen LogP contribution in [0.3, 0.4) is 0 Å². The van der Waals surface area contributed by atoms with Crippen molar-refractivity contribution in [3.63, 3.8) is 0 Å². The monoisotopic (exact) mass is 722 g/mol. The van der Waals surface area contributed by atoms with E-state index in [-0.39, 0.29) is 0 Å². The zero-order valence-electron chi connectivity index (χ0n) is 31.0. The molecule has 0 saturated carbocycles. The Morgan fingerprint density at radius 3 is 1.56 bits per heavy atom. The van der Waals surface area contributed by atoms with Gasteiger partial charge < -0.3 is 0 Å². The topological polar surface area (TPSA) is 17.8 Å². The van der Waals surface area contributed by atoms with Gasteiger partial charge in [-0.05, 0) is 123 Å². The number of nitrogens with zero attached hydrogens (tertiary/aromatic N) is 2. The maximum atomic E-state index is 5.21. The fourth-order valence-electron chi connectivity index (χ4n) is 9.37. The van der Waals surface area contributed by atoms with Crippen LogP contribution in [0.15, 0.2) is 206 Å². The number of benzene rings is 10. The second-order valence-corrected chi connectivity index (χ2v) is 15.1. The Morgan fingerprint density at radius 2 is 0.842 bits per heavy atom. The number of para-hydroxylation sites is 3. The van der Waals surface area contributed by atoms with Gasteiger partial charge in [-0.1, -0.05) is 170 Å². The maximum absolute atomic E-state index is 5.21. The molecule has 0 unspecified atom stereocenters. The highest BCUT2D eigenvalue weighted by Crippen LogP contribution is 2.42. The Bertz CT molecular complexity index is 3560. The van der Waals surface area contributed by atoms with Crippen LogP contribution in [-0.2, 0) is 0 Å². The summed E-state index contributed by atoms with van der Waals surface area (Å²) in [5.41, 5.74) is 9.08. The first-order valence-corrected chi connectivity index (χ1v) is 19.6. The molecule has 0 bridgehead atoms. The van der Waals surface area contributed by atoms with E-state index in [1.54, 1.807) is 0 Å². The van der Waals surface area contributed by atoms with Crippen molar-refractivity contribution in [1.82, 2.24) is 9.55 Å². The Kier molecular flexibility index (Phi) is 6.96. The van der Waals surface area contributed by atoms with Gasteiger partial charge in [0.25, 0.3) is 0 Å². The third-order valence-corrected chi connectivity index (χ3v) is 12.0. The van der Waals surface area contributed by atoms with E-state index >= 15 is 0 Å². The molecule has 0 spiro atoms. The van der Waals surface area contributed by atoms with E-state index in [0.29, 0.717) is 0 Å². The minimum atomic E-state index is 0.942. The first-order chi connectivity index (χ1) is 28.3. The lowest BCUT2D eigenvalue weighted by atomic mass is 9.89. The summed E-state index contributed by atoms with van der Waals surface area (Å²) in [5.74, 6) is 0.942. The molecule has 0 aliphatic carbocycles. The number of imidazole rings is 1. The second-order valence-electron chi connectivity index (χ2n) is 15.1. The van der Waals surface area contributed by atoms with Gasteiger partial charge in [0.05, 0.1) is 11.0 Å². The van der Waals surface area contributed by atoms with Gasteiger partial charge in [-0.3, -0.25) is 4.57 Å². The number of fused-ring (bicyclic) bond motifs is 7. The van der Waals surface area contributed by atoms with Crippen LogP contribution in [0, 0.1) is 0 Å². The Labute approximate surface area is 329 Å². The van der Waals surface area contributed by atoms with Gasteiger partial charge in [0.2, 0.25) is 0 Å². The number of rotatable bonds is 4. The zero-order chi connectivity index (χ0) is 37.5. The molecule has 0 amide bonds. The van der Waals surface area contributed by atoms with Gasteiger partial charge in [0.15, 0.2) is 0 Å². The summed E-state index contributed by atoms with van der Waals surface area (Å²) < 4.78 is 2.28. The summed E-state index contributed by atoms with van der Waals surface area (Å²) in [5, 5.41) is 15.2. The van der Waals surface area contributed by atoms with Crippen molar-refractivity contribution >= 4 is 75.7 Å². The fraction of sp³-hybridized carbons (Fsp3) is 0. The Balaban J connectivity index is 1.01. The highest BCUT2D eigenvalue weighted by Gasteiger charge is 2.18. The van der Waals surface area contributed by atoms with Crippen molar-refractivity contribution in [3.8, 4) is 39.3 Å². The maximum Gasteiger partial charge on any atom is 0.146 e. The molecular weight excluding hydrogens is 689 g/mol. The summed E-state index contributed by atoms with van der Waals surface area (Å²) in [4.78, 5) is 5.21. The van der Waals surface area contributed by atoms with E-state index in [2.05, 4.69) is 211 Å². The Hall–Kier alpha value is -7.55. The van der Waals surface area contributed by atoms with E-state index in [9.17, 15) is 0 Å². The predicted octanol–water partition coefficient (Wildman–Crippen LogP) is 14.9. The van der Waals surface area contributed by atoms with Gasteiger partial charge in [0, 0.05) is 11.3 Å². The number of hydrogen-bond donors (Lipinski definition) is 0. The van der Waals surface area contributed by atoms with Crippen LogP contribution < -0.4 is 0 Å². The lowest BCUT2D eigenvalue weighted by Crippen LogP contribution is -1.98. The molecule has 0 aliphatic heterocycles. The molecule has 1 aromatic heterocycles. The van der Waals surface area contributed by atoms with Crippen LogP contribution >= 0.6 is 0 Å². The van der Waals surface area contributed by atoms with Gasteiger partial charge in [-0.15, -0.1) is 0 Å². The number of hydrogen-bond acceptors (Lipinski definition) is 1. The van der Waals surface area contributed by atoms with E-state index < -0.39 is 0 Å². The third kappa shape index (κ3) is 4.87. The van der Waals surface area contributed by atoms with E-state index in [1.165, 1.54) is 86.9 Å². The second kappa shape index (κ2) is 12.5. The SMILES string of the molecule is c1ccc(-n2c(-c3ccc(-c4ccc(-c5ccc6c(c5)c5ccccc5c5cccc7ccc8cccc6c8c75)cc4)c4ccccc34)nc3ccccc32)cc1. The molecule has 12 rings (SSSR count). The quantitative estimate of drug-likeness (QED) is 0.165. The van der Waals surface area contributed by atoms with Crippen molar-refractivity contribution in [2.75, 3.05) is 0 Å². The fourth-order valence-corrected chi connectivity index (χ4v) is 9.37. The molecular formula is C55H34N2. The first-order valence-electron chi connectivity index (χ1n) is 19.6. The van der Waals surface area contributed by atoms with E-state index in [4.69, 9.17) is 4.98 Å². The van der Waals surface area contributed by atoms with Crippen LogP contribution in [0.5, 0.6) is 0 Å². The summed E-state index contributed by atoms with van der Waals surface area (Å²) in [6.07, 6.45) is 0. The van der Waals surface area contributed by atoms with Crippen LogP contribution in [0.25, 0.3) is 115 Å². The smallest absolute Gasteiger partial charge is 0.146 e. The summed E-state index contributed by atoms with van der Waals surface area (Å²) in [6.45, 7) is 0. The van der Waals surface area contributed by atoms with Gasteiger partial charge >= 0.3 is 0 Å². The average molecular weight is 723 g/mol. The average Bonchev–Trinajstić information content (AvgIpc) is 3.67. The molecule has 2 heteroatoms. The molecule has 0 N–H and O–H groups in total. The van der Waals surface area contributed by atoms with Crippen molar-refractivity contribution < 1.29 is 0 Å². The summed E-state index contributed by atoms with van der Waals surface area (Å²) in [7, 11) is 0. The summed E-state index contributed by atoms with van der Waals surface area (Å²) in [6, 6.07) is 75.3. The van der Waals surface area contributed by atoms with Crippen molar-refractivity contribution in [2.24, 2.45) is 0 Å². The number of aromatic nitrogens is 2. The van der Waals surface area contributed by atoms with E-state index in [0.717, 1.165) is 28.1 Å². The lowest BCUT2D eigenvalue weighted by Gasteiger charge is -2.15. The van der Waals surface area contributed by atoms with Crippen LogP contribution in [0.4, 0.5) is 0 Å². The molecule has 0 saturated heterocycles. The minimum Gasteiger partial charge on any atom is -0.292 e. The molecule has 1 heterocycles. The highest BCUT2D eigenvalue weighted by atomic mass is 15.1. The molecule has 264 valence electrons. The lowest BCUT2D eigenvalue weighted by molar-refractivity contribution is 1.11. The molecule has 57 heavy (non-hydrogen) atoms. The standard InChI is InChI=1S/C55H34N2/c1-2-14-40(15-3-1)57-52-23-9-8-22-51(52)56-55(57)49-33-32-41(42-16-4-6-18-44(42)49)36-26-24-35(25-27-36)39-30-31-46-48-21-11-13-38-29-28-37-12-10-20-47(53(37)54(38)48)43-17-5-7-19-45(43)50(46)34-39/h1-34H. The van der Waals surface area contributed by atoms with E-state index in [1.807, 2.05) is 0 Å². The first kappa shape index (κ1) is 31.8. The normalized spacial score (nSPS) is 11.9.